The van der Waals surface area contributed by atoms with Gasteiger partial charge in [0.1, 0.15) is 6.10 Å². The Morgan fingerprint density at radius 1 is 0.833 bits per heavy atom. The molecule has 12 atom stereocenters. The molecule has 0 bridgehead atoms. The lowest BCUT2D eigenvalue weighted by Crippen LogP contribution is -2.67. The highest BCUT2D eigenvalue weighted by Crippen LogP contribution is 2.77. The lowest BCUT2D eigenvalue weighted by molar-refractivity contribution is -0.248. The molecule has 0 aromatic heterocycles. The number of rotatable bonds is 6. The molecule has 270 valence electrons. The van der Waals surface area contributed by atoms with Crippen molar-refractivity contribution in [3.8, 4) is 0 Å². The SMILES string of the molecule is C=C(C)[C@@H]1CC[C@]2(C(=O)N[C@@H]3CC[C@H](CN4CCOCC4)C3)CC[C@]3(C)[C@H](CC[C@@H]4[C@@]5(C)CC[C@H](OC(C)=O)C(C)(C)[C@@H]5CC[C@]43C)[C@@H]12. The van der Waals surface area contributed by atoms with Gasteiger partial charge in [-0.05, 0) is 142 Å². The van der Waals surface area contributed by atoms with Crippen LogP contribution in [0.5, 0.6) is 0 Å². The zero-order valence-electron chi connectivity index (χ0n) is 31.6. The summed E-state index contributed by atoms with van der Waals surface area (Å²) in [5, 5.41) is 3.73. The fraction of sp³-hybridized carbons (Fsp3) is 0.905. The molecule has 0 aromatic rings. The molecule has 1 aliphatic heterocycles. The maximum Gasteiger partial charge on any atom is 0.302 e. The first-order valence-corrected chi connectivity index (χ1v) is 20.1. The molecule has 7 rings (SSSR count). The van der Waals surface area contributed by atoms with Gasteiger partial charge >= 0.3 is 5.97 Å². The van der Waals surface area contributed by atoms with Crippen molar-refractivity contribution < 1.29 is 19.1 Å². The van der Waals surface area contributed by atoms with Crippen molar-refractivity contribution in [3.63, 3.8) is 0 Å². The summed E-state index contributed by atoms with van der Waals surface area (Å²) in [5.74, 6) is 3.57. The molecule has 6 nitrogen and oxygen atoms in total. The van der Waals surface area contributed by atoms with Crippen molar-refractivity contribution in [1.29, 1.82) is 0 Å². The van der Waals surface area contributed by atoms with E-state index in [2.05, 4.69) is 58.3 Å². The highest BCUT2D eigenvalue weighted by Gasteiger charge is 2.72. The van der Waals surface area contributed by atoms with E-state index in [0.29, 0.717) is 47.5 Å². The molecule has 0 radical (unpaired) electrons. The number of nitrogens with zero attached hydrogens (tertiary/aromatic N) is 1. The molecule has 48 heavy (non-hydrogen) atoms. The molecule has 6 saturated carbocycles. The zero-order valence-corrected chi connectivity index (χ0v) is 31.6. The van der Waals surface area contributed by atoms with Crippen molar-refractivity contribution in [2.75, 3.05) is 32.8 Å². The van der Waals surface area contributed by atoms with Gasteiger partial charge in [-0.1, -0.05) is 46.8 Å². The highest BCUT2D eigenvalue weighted by molar-refractivity contribution is 5.84. The molecule has 1 saturated heterocycles. The number of carbonyl (C=O) groups excluding carboxylic acids is 2. The van der Waals surface area contributed by atoms with Crippen molar-refractivity contribution in [2.24, 2.45) is 62.6 Å². The lowest BCUT2D eigenvalue weighted by Gasteiger charge is -2.72. The number of carbonyl (C=O) groups is 2. The topological polar surface area (TPSA) is 67.9 Å². The van der Waals surface area contributed by atoms with E-state index in [1.165, 1.54) is 44.1 Å². The van der Waals surface area contributed by atoms with Gasteiger partial charge in [0.2, 0.25) is 5.91 Å². The molecule has 0 spiro atoms. The van der Waals surface area contributed by atoms with Crippen LogP contribution in [0.4, 0.5) is 0 Å². The van der Waals surface area contributed by atoms with Crippen LogP contribution < -0.4 is 5.32 Å². The number of fused-ring (bicyclic) bond motifs is 7. The standard InChI is InChI=1S/C42H68N2O4/c1-27(2)31-13-18-42(37(46)43-30-10-9-29(25-30)26-44-21-23-47-24-22-44)20-19-40(7)32(36(31)42)11-12-34-39(6)16-15-35(48-28(3)45)38(4,5)33(39)14-17-41(34,40)8/h29-36H,1,9-26H2,2-8H3,(H,43,46)/t29-,30+,31-,32+,33-,34+,35-,36+,39-,40+,41+,42-/m0/s1. The van der Waals surface area contributed by atoms with Crippen LogP contribution in [0, 0.1) is 62.6 Å². The van der Waals surface area contributed by atoms with Gasteiger partial charge < -0.3 is 14.8 Å². The van der Waals surface area contributed by atoms with Crippen LogP contribution in [0.25, 0.3) is 0 Å². The van der Waals surface area contributed by atoms with Gasteiger partial charge in [-0.15, -0.1) is 0 Å². The average Bonchev–Trinajstić information content (AvgIpc) is 3.64. The summed E-state index contributed by atoms with van der Waals surface area (Å²) in [6.45, 7) is 26.1. The second-order valence-electron chi connectivity index (χ2n) is 19.6. The quantitative estimate of drug-likeness (QED) is 0.229. The minimum atomic E-state index is -0.246. The summed E-state index contributed by atoms with van der Waals surface area (Å²) < 4.78 is 11.6. The van der Waals surface area contributed by atoms with Gasteiger partial charge in [0.05, 0.1) is 18.6 Å². The van der Waals surface area contributed by atoms with Crippen LogP contribution in [0.3, 0.4) is 0 Å². The van der Waals surface area contributed by atoms with Gasteiger partial charge in [0.25, 0.3) is 0 Å². The highest BCUT2D eigenvalue weighted by atomic mass is 16.5. The van der Waals surface area contributed by atoms with Crippen LogP contribution in [0.15, 0.2) is 12.2 Å². The molecule has 0 aromatic carbocycles. The van der Waals surface area contributed by atoms with E-state index < -0.39 is 0 Å². The number of hydrogen-bond acceptors (Lipinski definition) is 5. The Balaban J connectivity index is 1.12. The van der Waals surface area contributed by atoms with Gasteiger partial charge in [0.15, 0.2) is 0 Å². The Hall–Kier alpha value is -1.40. The number of allylic oxidation sites excluding steroid dienone is 1. The van der Waals surface area contributed by atoms with E-state index in [-0.39, 0.29) is 39.1 Å². The summed E-state index contributed by atoms with van der Waals surface area (Å²) in [7, 11) is 0. The average molecular weight is 665 g/mol. The first-order valence-electron chi connectivity index (χ1n) is 20.1. The molecule has 6 aliphatic carbocycles. The Morgan fingerprint density at radius 2 is 1.58 bits per heavy atom. The second kappa shape index (κ2) is 12.4. The van der Waals surface area contributed by atoms with Gasteiger partial charge in [0, 0.05) is 38.0 Å². The number of morpholine rings is 1. The molecule has 0 unspecified atom stereocenters. The van der Waals surface area contributed by atoms with E-state index in [9.17, 15) is 9.59 Å². The number of amides is 1. The Bertz CT molecular complexity index is 1270. The number of nitrogens with one attached hydrogen (secondary N) is 1. The van der Waals surface area contributed by atoms with Gasteiger partial charge in [-0.3, -0.25) is 14.5 Å². The fourth-order valence-electron chi connectivity index (χ4n) is 14.8. The predicted molar refractivity (Wildman–Crippen MR) is 191 cm³/mol. The van der Waals surface area contributed by atoms with Crippen molar-refractivity contribution >= 4 is 11.9 Å². The van der Waals surface area contributed by atoms with E-state index in [1.807, 2.05) is 0 Å². The first-order chi connectivity index (χ1) is 22.7. The summed E-state index contributed by atoms with van der Waals surface area (Å²) >= 11 is 0. The smallest absolute Gasteiger partial charge is 0.302 e. The molecule has 1 amide bonds. The number of ether oxygens (including phenoxy) is 2. The lowest BCUT2D eigenvalue weighted by atomic mass is 9.32. The normalized spacial score (nSPS) is 48.4. The number of esters is 1. The van der Waals surface area contributed by atoms with E-state index >= 15 is 0 Å². The minimum Gasteiger partial charge on any atom is -0.462 e. The van der Waals surface area contributed by atoms with Gasteiger partial charge in [-0.25, -0.2) is 0 Å². The van der Waals surface area contributed by atoms with E-state index in [0.717, 1.165) is 77.8 Å². The van der Waals surface area contributed by atoms with Crippen molar-refractivity contribution in [3.05, 3.63) is 12.2 Å². The third-order valence-corrected chi connectivity index (χ3v) is 17.3. The molecular formula is C42H68N2O4. The summed E-state index contributed by atoms with van der Waals surface area (Å²) in [6.07, 6.45) is 14.9. The third kappa shape index (κ3) is 5.29. The summed E-state index contributed by atoms with van der Waals surface area (Å²) in [4.78, 5) is 29.4. The molecular weight excluding hydrogens is 596 g/mol. The van der Waals surface area contributed by atoms with Crippen LogP contribution in [0.1, 0.15) is 132 Å². The van der Waals surface area contributed by atoms with Crippen LogP contribution in [-0.4, -0.2) is 61.8 Å². The first kappa shape index (κ1) is 35.0. The maximum atomic E-state index is 14.8. The monoisotopic (exact) mass is 665 g/mol. The Morgan fingerprint density at radius 3 is 2.29 bits per heavy atom. The second-order valence-corrected chi connectivity index (χ2v) is 19.6. The molecule has 7 aliphatic rings. The molecule has 6 heteroatoms. The summed E-state index contributed by atoms with van der Waals surface area (Å²) in [5.41, 5.74) is 1.74. The Labute approximate surface area is 292 Å². The summed E-state index contributed by atoms with van der Waals surface area (Å²) in [6, 6.07) is 0.324. The van der Waals surface area contributed by atoms with Crippen LogP contribution >= 0.6 is 0 Å². The maximum absolute atomic E-state index is 14.8. The molecule has 1 heterocycles. The molecule has 7 fully saturated rings. The van der Waals surface area contributed by atoms with Crippen molar-refractivity contribution in [1.82, 2.24) is 10.2 Å². The Kier molecular flexibility index (Phi) is 9.03. The van der Waals surface area contributed by atoms with Crippen molar-refractivity contribution in [2.45, 2.75) is 144 Å². The number of hydrogen-bond donors (Lipinski definition) is 1. The third-order valence-electron chi connectivity index (χ3n) is 17.3. The predicted octanol–water partition coefficient (Wildman–Crippen LogP) is 8.19. The van der Waals surface area contributed by atoms with E-state index in [4.69, 9.17) is 9.47 Å². The van der Waals surface area contributed by atoms with E-state index in [1.54, 1.807) is 6.92 Å². The fourth-order valence-corrected chi connectivity index (χ4v) is 14.8. The zero-order chi connectivity index (χ0) is 34.3. The van der Waals surface area contributed by atoms with Crippen LogP contribution in [0.2, 0.25) is 0 Å². The molecule has 1 N–H and O–H groups in total. The van der Waals surface area contributed by atoms with Gasteiger partial charge in [-0.2, -0.15) is 0 Å². The van der Waals surface area contributed by atoms with Crippen LogP contribution in [-0.2, 0) is 19.1 Å². The minimum absolute atomic E-state index is 0.0162. The largest absolute Gasteiger partial charge is 0.462 e.